The first-order valence-electron chi connectivity index (χ1n) is 30.5. The van der Waals surface area contributed by atoms with Crippen molar-refractivity contribution in [3.05, 3.63) is 364 Å². The molecule has 15 aromatic rings. The van der Waals surface area contributed by atoms with Crippen molar-refractivity contribution in [2.24, 2.45) is 0 Å². The summed E-state index contributed by atoms with van der Waals surface area (Å²) in [7, 11) is 0. The lowest BCUT2D eigenvalue weighted by atomic mass is 10.1. The Hall–Kier alpha value is -12.3. The zero-order valence-electron chi connectivity index (χ0n) is 49.7. The number of hydrogen-bond acceptors (Lipinski definition) is 7. The highest BCUT2D eigenvalue weighted by Gasteiger charge is 2.21. The van der Waals surface area contributed by atoms with E-state index >= 15 is 0 Å². The zero-order chi connectivity index (χ0) is 60.7. The summed E-state index contributed by atoms with van der Waals surface area (Å²) >= 11 is 0. The molecule has 0 N–H and O–H groups in total. The lowest BCUT2D eigenvalue weighted by Gasteiger charge is -2.30. The molecule has 15 rings (SSSR count). The third kappa shape index (κ3) is 11.7. The molecule has 0 spiro atoms. The molecule has 0 bridgehead atoms. The van der Waals surface area contributed by atoms with Gasteiger partial charge in [0, 0.05) is 102 Å². The van der Waals surface area contributed by atoms with Crippen molar-refractivity contribution in [1.82, 2.24) is 0 Å². The molecule has 0 aliphatic carbocycles. The first-order valence-corrected chi connectivity index (χ1v) is 30.5. The Morgan fingerprint density at radius 3 is 0.429 bits per heavy atom. The van der Waals surface area contributed by atoms with Crippen molar-refractivity contribution in [2.75, 3.05) is 19.6 Å². The van der Waals surface area contributed by atoms with E-state index in [-0.39, 0.29) is 0 Å². The van der Waals surface area contributed by atoms with Gasteiger partial charge in [-0.05, 0) is 218 Å². The standard InChI is InChI=1S/C84H60N4O3/c1-7-19-61(20-8-1)79-55-58-82(89-79)64-31-37-70(38-32-64)85(67-25-13-4-14-26-67)73-43-49-76(50-44-73)88(77-51-45-74(46-52-77)86(68-27-15-5-16-28-68)71-39-33-65(34-40-71)83-59-56-80(90-83)62-21-9-2-10-22-62)78-53-47-75(48-54-78)87(69-29-17-6-18-30-69)72-41-35-66(36-42-72)84-60-57-81(91-84)63-23-11-3-12-24-63/h1-60H. The van der Waals surface area contributed by atoms with E-state index in [9.17, 15) is 0 Å². The van der Waals surface area contributed by atoms with Gasteiger partial charge in [0.05, 0.1) is 0 Å². The van der Waals surface area contributed by atoms with E-state index in [1.54, 1.807) is 0 Å². The Bertz CT molecular complexity index is 4310. The van der Waals surface area contributed by atoms with Crippen LogP contribution in [0.25, 0.3) is 67.9 Å². The molecule has 0 saturated heterocycles. The van der Waals surface area contributed by atoms with Gasteiger partial charge in [-0.1, -0.05) is 146 Å². The van der Waals surface area contributed by atoms with Crippen LogP contribution in [0, 0.1) is 0 Å². The van der Waals surface area contributed by atoms with Crippen LogP contribution in [0.1, 0.15) is 0 Å². The first-order chi connectivity index (χ1) is 45.1. The topological polar surface area (TPSA) is 52.4 Å². The average Bonchev–Trinajstić information content (AvgIpc) is 2.04. The highest BCUT2D eigenvalue weighted by atomic mass is 16.3. The Morgan fingerprint density at radius 1 is 0.121 bits per heavy atom. The maximum atomic E-state index is 6.38. The van der Waals surface area contributed by atoms with Crippen LogP contribution in [0.5, 0.6) is 0 Å². The third-order valence-electron chi connectivity index (χ3n) is 16.4. The highest BCUT2D eigenvalue weighted by molar-refractivity contribution is 5.86. The van der Waals surface area contributed by atoms with E-state index in [0.29, 0.717) is 0 Å². The zero-order valence-corrected chi connectivity index (χ0v) is 49.7. The largest absolute Gasteiger partial charge is 0.456 e. The molecule has 91 heavy (non-hydrogen) atoms. The van der Waals surface area contributed by atoms with Crippen LogP contribution in [0.3, 0.4) is 0 Å². The quantitative estimate of drug-likeness (QED) is 0.0848. The van der Waals surface area contributed by atoms with Gasteiger partial charge in [-0.25, -0.2) is 0 Å². The number of furan rings is 3. The fourth-order valence-electron chi connectivity index (χ4n) is 11.8. The maximum Gasteiger partial charge on any atom is 0.134 e. The molecule has 0 unspecified atom stereocenters. The van der Waals surface area contributed by atoms with E-state index in [0.717, 1.165) is 136 Å². The SMILES string of the molecule is c1ccc(-c2ccc(-c3ccc(N(c4ccccc4)c4ccc(N(c5ccc(N(c6ccccc6)c6ccc(-c7ccc(-c8ccccc8)o7)cc6)cc5)c5ccc(N(c6ccccc6)c6ccc(-c7ccc(-c8ccccc8)o7)cc6)cc5)cc4)cc3)o2)cc1. The second kappa shape index (κ2) is 25.2. The van der Waals surface area contributed by atoms with Gasteiger partial charge in [0.15, 0.2) is 0 Å². The molecule has 12 aromatic carbocycles. The van der Waals surface area contributed by atoms with Gasteiger partial charge in [-0.2, -0.15) is 0 Å². The molecule has 0 aliphatic heterocycles. The van der Waals surface area contributed by atoms with E-state index in [2.05, 4.69) is 293 Å². The summed E-state index contributed by atoms with van der Waals surface area (Å²) in [5, 5.41) is 0. The molecule has 0 saturated carbocycles. The Morgan fingerprint density at radius 2 is 0.253 bits per heavy atom. The molecular weight excluding hydrogens is 1110 g/mol. The third-order valence-corrected chi connectivity index (χ3v) is 16.4. The predicted molar refractivity (Wildman–Crippen MR) is 375 cm³/mol. The van der Waals surface area contributed by atoms with Gasteiger partial charge >= 0.3 is 0 Å². The van der Waals surface area contributed by atoms with Crippen LogP contribution in [0.4, 0.5) is 68.2 Å². The lowest BCUT2D eigenvalue weighted by molar-refractivity contribution is 0.597. The summed E-state index contributed by atoms with van der Waals surface area (Å²) in [5.74, 6) is 4.97. The summed E-state index contributed by atoms with van der Waals surface area (Å²) in [6.45, 7) is 0. The average molecular weight is 1170 g/mol. The number of benzene rings is 12. The summed E-state index contributed by atoms with van der Waals surface area (Å²) in [6.07, 6.45) is 0. The minimum Gasteiger partial charge on any atom is -0.456 e. The van der Waals surface area contributed by atoms with Crippen LogP contribution in [-0.4, -0.2) is 0 Å². The van der Waals surface area contributed by atoms with Crippen LogP contribution in [0.2, 0.25) is 0 Å². The van der Waals surface area contributed by atoms with Crippen LogP contribution < -0.4 is 19.6 Å². The van der Waals surface area contributed by atoms with Gasteiger partial charge in [-0.3, -0.25) is 0 Å². The molecule has 0 amide bonds. The highest BCUT2D eigenvalue weighted by Crippen LogP contribution is 2.45. The van der Waals surface area contributed by atoms with E-state index in [4.69, 9.17) is 13.3 Å². The van der Waals surface area contributed by atoms with Gasteiger partial charge in [0.25, 0.3) is 0 Å². The minimum atomic E-state index is 0.818. The summed E-state index contributed by atoms with van der Waals surface area (Å²) < 4.78 is 19.1. The fraction of sp³-hybridized carbons (Fsp3) is 0. The van der Waals surface area contributed by atoms with Crippen molar-refractivity contribution in [3.63, 3.8) is 0 Å². The maximum absolute atomic E-state index is 6.38. The van der Waals surface area contributed by atoms with E-state index in [1.807, 2.05) is 91.0 Å². The second-order valence-corrected chi connectivity index (χ2v) is 22.1. The van der Waals surface area contributed by atoms with Crippen molar-refractivity contribution in [1.29, 1.82) is 0 Å². The number of nitrogens with zero attached hydrogens (tertiary/aromatic N) is 4. The molecule has 0 atom stereocenters. The van der Waals surface area contributed by atoms with Gasteiger partial charge in [0.2, 0.25) is 0 Å². The number of hydrogen-bond donors (Lipinski definition) is 0. The minimum absolute atomic E-state index is 0.818. The second-order valence-electron chi connectivity index (χ2n) is 22.1. The predicted octanol–water partition coefficient (Wildman–Crippen LogP) is 24.3. The van der Waals surface area contributed by atoms with E-state index in [1.165, 1.54) is 0 Å². The lowest BCUT2D eigenvalue weighted by Crippen LogP contribution is -2.14. The molecule has 3 heterocycles. The first kappa shape index (κ1) is 55.3. The van der Waals surface area contributed by atoms with Crippen LogP contribution >= 0.6 is 0 Å². The molecule has 0 aliphatic rings. The molecular formula is C84H60N4O3. The number of anilines is 12. The summed E-state index contributed by atoms with van der Waals surface area (Å²) in [6, 6.07) is 127. The molecule has 0 radical (unpaired) electrons. The monoisotopic (exact) mass is 1170 g/mol. The van der Waals surface area contributed by atoms with Crippen LogP contribution in [-0.2, 0) is 0 Å². The van der Waals surface area contributed by atoms with Gasteiger partial charge < -0.3 is 32.9 Å². The Balaban J connectivity index is 0.777. The normalized spacial score (nSPS) is 11.1. The number of rotatable bonds is 18. The molecule has 7 nitrogen and oxygen atoms in total. The van der Waals surface area contributed by atoms with Gasteiger partial charge in [-0.15, -0.1) is 0 Å². The molecule has 7 heteroatoms. The summed E-state index contributed by atoms with van der Waals surface area (Å²) in [5.41, 5.74) is 18.4. The smallest absolute Gasteiger partial charge is 0.134 e. The van der Waals surface area contributed by atoms with E-state index < -0.39 is 0 Å². The summed E-state index contributed by atoms with van der Waals surface area (Å²) in [4.78, 5) is 9.21. The van der Waals surface area contributed by atoms with Gasteiger partial charge in [0.1, 0.15) is 34.6 Å². The molecule has 0 fully saturated rings. The number of para-hydroxylation sites is 3. The molecule has 434 valence electrons. The van der Waals surface area contributed by atoms with Crippen molar-refractivity contribution >= 4 is 68.2 Å². The van der Waals surface area contributed by atoms with Crippen molar-refractivity contribution in [3.8, 4) is 67.9 Å². The van der Waals surface area contributed by atoms with Crippen LogP contribution in [0.15, 0.2) is 377 Å². The fourth-order valence-corrected chi connectivity index (χ4v) is 11.8. The van der Waals surface area contributed by atoms with Crippen molar-refractivity contribution < 1.29 is 13.3 Å². The Labute approximate surface area is 530 Å². The Kier molecular flexibility index (Phi) is 15.3. The van der Waals surface area contributed by atoms with Crippen molar-refractivity contribution in [2.45, 2.75) is 0 Å². The molecule has 3 aromatic heterocycles.